The van der Waals surface area contributed by atoms with Crippen LogP contribution in [0.1, 0.15) is 29.9 Å². The largest absolute Gasteiger partial charge is 0.461 e. The van der Waals surface area contributed by atoms with E-state index in [1.807, 2.05) is 0 Å². The Labute approximate surface area is 114 Å². The number of H-pyrrole nitrogens is 1. The van der Waals surface area contributed by atoms with Gasteiger partial charge in [0.05, 0.1) is 6.61 Å². The van der Waals surface area contributed by atoms with Crippen molar-refractivity contribution in [3.63, 3.8) is 0 Å². The van der Waals surface area contributed by atoms with Crippen LogP contribution in [0, 0.1) is 11.6 Å². The fraction of sp³-hybridized carbons (Fsp3) is 0.308. The topological polar surface area (TPSA) is 67.9 Å². The highest BCUT2D eigenvalue weighted by atomic mass is 19.2. The molecule has 0 aliphatic rings. The zero-order chi connectivity index (χ0) is 14.7. The molecular formula is C13H13F2N3O2. The van der Waals surface area contributed by atoms with Gasteiger partial charge in [-0.2, -0.15) is 10.3 Å². The maximum atomic E-state index is 14.0. The number of aryl methyl sites for hydroxylation is 1. The Kier molecular flexibility index (Phi) is 4.07. The van der Waals surface area contributed by atoms with Gasteiger partial charge >= 0.3 is 5.97 Å². The Morgan fingerprint density at radius 2 is 2.00 bits per heavy atom. The third kappa shape index (κ3) is 2.38. The molecule has 20 heavy (non-hydrogen) atoms. The summed E-state index contributed by atoms with van der Waals surface area (Å²) < 4.78 is 32.6. The van der Waals surface area contributed by atoms with Gasteiger partial charge < -0.3 is 4.74 Å². The summed E-state index contributed by atoms with van der Waals surface area (Å²) in [6, 6.07) is 2.83. The molecule has 0 amide bonds. The average Bonchev–Trinajstić information content (AvgIpc) is 2.91. The van der Waals surface area contributed by atoms with Crippen molar-refractivity contribution in [1.29, 1.82) is 0 Å². The van der Waals surface area contributed by atoms with Crippen molar-refractivity contribution in [2.24, 2.45) is 0 Å². The summed E-state index contributed by atoms with van der Waals surface area (Å²) >= 11 is 0. The number of aromatic nitrogens is 3. The van der Waals surface area contributed by atoms with E-state index in [1.165, 1.54) is 12.1 Å². The van der Waals surface area contributed by atoms with Crippen molar-refractivity contribution in [3.05, 3.63) is 35.0 Å². The summed E-state index contributed by atoms with van der Waals surface area (Å²) in [5, 5.41) is 9.55. The van der Waals surface area contributed by atoms with Gasteiger partial charge in [-0.05, 0) is 25.0 Å². The number of esters is 1. The second-order valence-corrected chi connectivity index (χ2v) is 4.00. The molecule has 0 unspecified atom stereocenters. The molecule has 1 aromatic heterocycles. The zero-order valence-electron chi connectivity index (χ0n) is 11.0. The van der Waals surface area contributed by atoms with E-state index in [1.54, 1.807) is 13.8 Å². The van der Waals surface area contributed by atoms with Crippen molar-refractivity contribution < 1.29 is 18.3 Å². The van der Waals surface area contributed by atoms with Gasteiger partial charge in [0.2, 0.25) is 0 Å². The summed E-state index contributed by atoms with van der Waals surface area (Å²) in [7, 11) is 0. The highest BCUT2D eigenvalue weighted by molar-refractivity contribution is 5.93. The number of nitrogens with zero attached hydrogens (tertiary/aromatic N) is 2. The van der Waals surface area contributed by atoms with Crippen LogP contribution in [0.25, 0.3) is 11.3 Å². The molecule has 0 radical (unpaired) electrons. The van der Waals surface area contributed by atoms with Gasteiger partial charge in [-0.15, -0.1) is 5.10 Å². The minimum Gasteiger partial charge on any atom is -0.461 e. The molecule has 106 valence electrons. The molecule has 1 heterocycles. The minimum atomic E-state index is -1.05. The molecule has 5 nitrogen and oxygen atoms in total. The van der Waals surface area contributed by atoms with Crippen LogP contribution in [0.2, 0.25) is 0 Å². The van der Waals surface area contributed by atoms with Crippen LogP contribution >= 0.6 is 0 Å². The molecule has 0 aliphatic carbocycles. The fourth-order valence-corrected chi connectivity index (χ4v) is 1.81. The van der Waals surface area contributed by atoms with Gasteiger partial charge in [0.1, 0.15) is 5.69 Å². The number of aromatic amines is 1. The van der Waals surface area contributed by atoms with Gasteiger partial charge in [0.15, 0.2) is 17.3 Å². The minimum absolute atomic E-state index is 0.0671. The monoisotopic (exact) mass is 281 g/mol. The molecule has 7 heteroatoms. The van der Waals surface area contributed by atoms with Crippen molar-refractivity contribution in [3.8, 4) is 11.3 Å². The molecule has 0 atom stereocenters. The summed E-state index contributed by atoms with van der Waals surface area (Å²) in [5.74, 6) is -2.73. The molecule has 0 saturated heterocycles. The number of carbonyl (C=O) groups is 1. The van der Waals surface area contributed by atoms with E-state index in [-0.39, 0.29) is 29.1 Å². The van der Waals surface area contributed by atoms with E-state index >= 15 is 0 Å². The molecule has 2 aromatic rings. The van der Waals surface area contributed by atoms with Gasteiger partial charge in [0, 0.05) is 5.56 Å². The van der Waals surface area contributed by atoms with Gasteiger partial charge in [-0.1, -0.05) is 13.0 Å². The molecule has 0 aliphatic heterocycles. The Hall–Kier alpha value is -2.31. The summed E-state index contributed by atoms with van der Waals surface area (Å²) in [4.78, 5) is 11.7. The molecule has 2 rings (SSSR count). The number of nitrogens with one attached hydrogen (secondary N) is 1. The molecule has 1 N–H and O–H groups in total. The average molecular weight is 281 g/mol. The molecule has 0 bridgehead atoms. The van der Waals surface area contributed by atoms with E-state index in [0.29, 0.717) is 6.42 Å². The third-order valence-electron chi connectivity index (χ3n) is 2.81. The first-order valence-electron chi connectivity index (χ1n) is 6.15. The highest BCUT2D eigenvalue weighted by Gasteiger charge is 2.23. The summed E-state index contributed by atoms with van der Waals surface area (Å²) in [5.41, 5.74) is -0.110. The maximum absolute atomic E-state index is 14.0. The quantitative estimate of drug-likeness (QED) is 0.874. The number of ether oxygens (including phenoxy) is 1. The SMILES string of the molecule is CCOC(=O)c1n[nH]nc1-c1ccc(CC)c(F)c1F. The number of rotatable bonds is 4. The standard InChI is InChI=1S/C13H13F2N3O2/c1-3-7-5-6-8(10(15)9(7)14)11-12(17-18-16-11)13(19)20-4-2/h5-6H,3-4H2,1-2H3,(H,16,17,18). The van der Waals surface area contributed by atoms with E-state index in [2.05, 4.69) is 15.4 Å². The van der Waals surface area contributed by atoms with Crippen LogP contribution in [0.3, 0.4) is 0 Å². The maximum Gasteiger partial charge on any atom is 0.361 e. The van der Waals surface area contributed by atoms with Gasteiger partial charge in [0.25, 0.3) is 0 Å². The molecular weight excluding hydrogens is 268 g/mol. The molecule has 1 aromatic carbocycles. The summed E-state index contributed by atoms with van der Waals surface area (Å²) in [6.45, 7) is 3.50. The fourth-order valence-electron chi connectivity index (χ4n) is 1.81. The second-order valence-electron chi connectivity index (χ2n) is 4.00. The van der Waals surface area contributed by atoms with Crippen LogP contribution in [0.4, 0.5) is 8.78 Å². The first kappa shape index (κ1) is 14.1. The van der Waals surface area contributed by atoms with Crippen LogP contribution in [-0.2, 0) is 11.2 Å². The number of carbonyl (C=O) groups excluding carboxylic acids is 1. The first-order valence-corrected chi connectivity index (χ1v) is 6.15. The van der Waals surface area contributed by atoms with Crippen LogP contribution in [0.15, 0.2) is 12.1 Å². The van der Waals surface area contributed by atoms with Crippen LogP contribution in [0.5, 0.6) is 0 Å². The third-order valence-corrected chi connectivity index (χ3v) is 2.81. The number of benzene rings is 1. The summed E-state index contributed by atoms with van der Waals surface area (Å²) in [6.07, 6.45) is 0.368. The van der Waals surface area contributed by atoms with Gasteiger partial charge in [-0.3, -0.25) is 0 Å². The van der Waals surface area contributed by atoms with Crippen LogP contribution < -0.4 is 0 Å². The first-order chi connectivity index (χ1) is 9.60. The van der Waals surface area contributed by atoms with Crippen LogP contribution in [-0.4, -0.2) is 28.0 Å². The lowest BCUT2D eigenvalue weighted by Crippen LogP contribution is -2.07. The Bertz CT molecular complexity index is 641. The Morgan fingerprint density at radius 1 is 1.25 bits per heavy atom. The van der Waals surface area contributed by atoms with Crippen molar-refractivity contribution in [1.82, 2.24) is 15.4 Å². The van der Waals surface area contributed by atoms with Crippen molar-refractivity contribution in [2.75, 3.05) is 6.61 Å². The molecule has 0 fully saturated rings. The number of halogens is 2. The smallest absolute Gasteiger partial charge is 0.361 e. The lowest BCUT2D eigenvalue weighted by Gasteiger charge is -2.06. The second kappa shape index (κ2) is 5.77. The molecule has 0 spiro atoms. The Morgan fingerprint density at radius 3 is 2.65 bits per heavy atom. The zero-order valence-corrected chi connectivity index (χ0v) is 11.0. The van der Waals surface area contributed by atoms with E-state index in [0.717, 1.165) is 0 Å². The highest BCUT2D eigenvalue weighted by Crippen LogP contribution is 2.27. The number of hydrogen-bond donors (Lipinski definition) is 1. The van der Waals surface area contributed by atoms with E-state index in [9.17, 15) is 13.6 Å². The normalized spacial score (nSPS) is 10.6. The number of hydrogen-bond acceptors (Lipinski definition) is 4. The van der Waals surface area contributed by atoms with E-state index in [4.69, 9.17) is 4.74 Å². The predicted molar refractivity (Wildman–Crippen MR) is 67.1 cm³/mol. The van der Waals surface area contributed by atoms with Crippen molar-refractivity contribution in [2.45, 2.75) is 20.3 Å². The molecule has 0 saturated carbocycles. The van der Waals surface area contributed by atoms with Gasteiger partial charge in [-0.25, -0.2) is 13.6 Å². The lowest BCUT2D eigenvalue weighted by molar-refractivity contribution is 0.0520. The van der Waals surface area contributed by atoms with Crippen molar-refractivity contribution >= 4 is 5.97 Å². The van der Waals surface area contributed by atoms with E-state index < -0.39 is 17.6 Å². The Balaban J connectivity index is 2.51. The lowest BCUT2D eigenvalue weighted by atomic mass is 10.0. The predicted octanol–water partition coefficient (Wildman–Crippen LogP) is 2.49.